The van der Waals surface area contributed by atoms with Crippen molar-refractivity contribution >= 4 is 5.52 Å². The molecule has 104 valence electrons. The third-order valence-electron chi connectivity index (χ3n) is 3.25. The first-order chi connectivity index (χ1) is 10.1. The molecule has 0 amide bonds. The molecule has 0 aliphatic heterocycles. The van der Waals surface area contributed by atoms with Gasteiger partial charge < -0.3 is 5.73 Å². The molecular formula is C15H13N5O. The molecule has 3 rings (SSSR count). The molecular weight excluding hydrogens is 266 g/mol. The van der Waals surface area contributed by atoms with Crippen LogP contribution in [0.4, 0.5) is 0 Å². The quantitative estimate of drug-likeness (QED) is 0.767. The van der Waals surface area contributed by atoms with Crippen molar-refractivity contribution in [3.8, 4) is 11.8 Å². The summed E-state index contributed by atoms with van der Waals surface area (Å²) in [5.74, 6) is 0.443. The second kappa shape index (κ2) is 4.89. The zero-order valence-electron chi connectivity index (χ0n) is 11.4. The Morgan fingerprint density at radius 3 is 2.62 bits per heavy atom. The second-order valence-corrected chi connectivity index (χ2v) is 4.76. The monoisotopic (exact) mass is 279 g/mol. The number of rotatable bonds is 2. The molecule has 0 saturated carbocycles. The first kappa shape index (κ1) is 13.1. The van der Waals surface area contributed by atoms with E-state index in [1.54, 1.807) is 31.3 Å². The van der Waals surface area contributed by atoms with Gasteiger partial charge >= 0.3 is 0 Å². The van der Waals surface area contributed by atoms with E-state index in [4.69, 9.17) is 11.0 Å². The zero-order valence-corrected chi connectivity index (χ0v) is 11.4. The van der Waals surface area contributed by atoms with Crippen molar-refractivity contribution in [2.24, 2.45) is 5.73 Å². The molecule has 21 heavy (non-hydrogen) atoms. The van der Waals surface area contributed by atoms with E-state index in [1.807, 2.05) is 24.3 Å². The summed E-state index contributed by atoms with van der Waals surface area (Å²) >= 11 is 0. The van der Waals surface area contributed by atoms with E-state index in [2.05, 4.69) is 5.10 Å². The number of benzene rings is 1. The van der Waals surface area contributed by atoms with E-state index < -0.39 is 6.04 Å². The van der Waals surface area contributed by atoms with Gasteiger partial charge in [-0.2, -0.15) is 10.4 Å². The highest BCUT2D eigenvalue weighted by Gasteiger charge is 2.18. The molecule has 2 aromatic heterocycles. The highest BCUT2D eigenvalue weighted by Crippen LogP contribution is 2.14. The molecule has 0 bridgehead atoms. The Morgan fingerprint density at radius 2 is 2.00 bits per heavy atom. The molecule has 6 heteroatoms. The van der Waals surface area contributed by atoms with Crippen molar-refractivity contribution in [2.45, 2.75) is 13.0 Å². The van der Waals surface area contributed by atoms with Gasteiger partial charge in [-0.05, 0) is 25.1 Å². The van der Waals surface area contributed by atoms with Gasteiger partial charge in [0.1, 0.15) is 11.6 Å². The first-order valence-electron chi connectivity index (χ1n) is 6.49. The minimum absolute atomic E-state index is 0.255. The minimum Gasteiger partial charge on any atom is -0.322 e. The third-order valence-corrected chi connectivity index (χ3v) is 3.25. The molecule has 0 aliphatic rings. The molecule has 0 unspecified atom stereocenters. The van der Waals surface area contributed by atoms with Crippen LogP contribution in [0.1, 0.15) is 24.4 Å². The molecule has 1 atom stereocenters. The minimum atomic E-state index is -0.421. The normalized spacial score (nSPS) is 12.2. The van der Waals surface area contributed by atoms with Gasteiger partial charge in [0.2, 0.25) is 0 Å². The zero-order chi connectivity index (χ0) is 15.0. The summed E-state index contributed by atoms with van der Waals surface area (Å²) < 4.78 is 2.87. The van der Waals surface area contributed by atoms with Crippen molar-refractivity contribution in [3.63, 3.8) is 0 Å². The van der Waals surface area contributed by atoms with Crippen LogP contribution in [0.25, 0.3) is 11.2 Å². The Balaban J connectivity index is 2.46. The number of nitrogens with zero attached hydrogens (tertiary/aromatic N) is 4. The van der Waals surface area contributed by atoms with Crippen LogP contribution in [0.15, 0.2) is 47.4 Å². The fraction of sp³-hybridized carbons (Fsp3) is 0.133. The number of nitriles is 1. The van der Waals surface area contributed by atoms with E-state index in [0.717, 1.165) is 0 Å². The predicted octanol–water partition coefficient (Wildman–Crippen LogP) is 1.38. The maximum atomic E-state index is 12.8. The first-order valence-corrected chi connectivity index (χ1v) is 6.49. The van der Waals surface area contributed by atoms with Crippen LogP contribution in [-0.4, -0.2) is 14.2 Å². The fourth-order valence-corrected chi connectivity index (χ4v) is 2.30. The van der Waals surface area contributed by atoms with Crippen LogP contribution in [0.2, 0.25) is 0 Å². The average Bonchev–Trinajstić information content (AvgIpc) is 2.91. The summed E-state index contributed by atoms with van der Waals surface area (Å²) in [4.78, 5) is 12.8. The predicted molar refractivity (Wildman–Crippen MR) is 78.1 cm³/mol. The van der Waals surface area contributed by atoms with Crippen LogP contribution < -0.4 is 11.3 Å². The third kappa shape index (κ3) is 2.00. The Kier molecular flexibility index (Phi) is 3.05. The van der Waals surface area contributed by atoms with Gasteiger partial charge in [-0.25, -0.2) is 4.52 Å². The van der Waals surface area contributed by atoms with Crippen molar-refractivity contribution in [2.75, 3.05) is 0 Å². The van der Waals surface area contributed by atoms with Gasteiger partial charge in [-0.15, -0.1) is 0 Å². The van der Waals surface area contributed by atoms with Crippen molar-refractivity contribution in [1.82, 2.24) is 14.2 Å². The van der Waals surface area contributed by atoms with Crippen LogP contribution in [0, 0.1) is 11.3 Å². The molecule has 2 heterocycles. The maximum absolute atomic E-state index is 12.8. The van der Waals surface area contributed by atoms with Gasteiger partial charge in [-0.3, -0.25) is 9.36 Å². The van der Waals surface area contributed by atoms with Gasteiger partial charge in [-0.1, -0.05) is 18.2 Å². The number of aromatic nitrogens is 3. The van der Waals surface area contributed by atoms with Crippen LogP contribution in [-0.2, 0) is 0 Å². The maximum Gasteiger partial charge on any atom is 0.283 e. The van der Waals surface area contributed by atoms with Gasteiger partial charge in [0.05, 0.1) is 17.3 Å². The lowest BCUT2D eigenvalue weighted by Crippen LogP contribution is -2.29. The van der Waals surface area contributed by atoms with Crippen molar-refractivity contribution in [3.05, 3.63) is 64.3 Å². The van der Waals surface area contributed by atoms with E-state index in [1.165, 1.54) is 9.08 Å². The van der Waals surface area contributed by atoms with Crippen LogP contribution in [0.5, 0.6) is 0 Å². The number of hydrogen-bond acceptors (Lipinski definition) is 4. The Bertz CT molecular complexity index is 899. The standard InChI is InChI=1S/C15H13N5O/c1-10(17)14-18-19-8-7-11(9-16)13(19)15(21)20(14)12-5-3-2-4-6-12/h2-8,10H,17H2,1H3/t10-/m0/s1. The Morgan fingerprint density at radius 1 is 1.29 bits per heavy atom. The van der Waals surface area contributed by atoms with E-state index in [0.29, 0.717) is 17.1 Å². The number of hydrogen-bond donors (Lipinski definition) is 1. The molecule has 0 spiro atoms. The number of nitrogens with two attached hydrogens (primary N) is 1. The fourth-order valence-electron chi connectivity index (χ4n) is 2.30. The van der Waals surface area contributed by atoms with E-state index in [-0.39, 0.29) is 11.1 Å². The average molecular weight is 279 g/mol. The van der Waals surface area contributed by atoms with Gasteiger partial charge in [0, 0.05) is 6.20 Å². The van der Waals surface area contributed by atoms with E-state index >= 15 is 0 Å². The lowest BCUT2D eigenvalue weighted by molar-refractivity contribution is 0.647. The molecule has 0 radical (unpaired) electrons. The highest BCUT2D eigenvalue weighted by atomic mass is 16.1. The summed E-state index contributed by atoms with van der Waals surface area (Å²) in [5.41, 5.74) is 6.88. The highest BCUT2D eigenvalue weighted by molar-refractivity contribution is 5.60. The SMILES string of the molecule is C[C@H](N)c1nn2ccc(C#N)c2c(=O)n1-c1ccccc1. The van der Waals surface area contributed by atoms with Crippen LogP contribution >= 0.6 is 0 Å². The Labute approximate surface area is 120 Å². The summed E-state index contributed by atoms with van der Waals surface area (Å²) in [6.45, 7) is 1.77. The number of fused-ring (bicyclic) bond motifs is 1. The summed E-state index contributed by atoms with van der Waals surface area (Å²) in [7, 11) is 0. The van der Waals surface area contributed by atoms with Gasteiger partial charge in [0.15, 0.2) is 5.82 Å². The van der Waals surface area contributed by atoms with Crippen molar-refractivity contribution in [1.29, 1.82) is 5.26 Å². The summed E-state index contributed by atoms with van der Waals surface area (Å²) in [6, 6.07) is 12.3. The van der Waals surface area contributed by atoms with Crippen LogP contribution in [0.3, 0.4) is 0 Å². The summed E-state index contributed by atoms with van der Waals surface area (Å²) in [5, 5.41) is 13.5. The molecule has 0 fully saturated rings. The van der Waals surface area contributed by atoms with Crippen molar-refractivity contribution < 1.29 is 0 Å². The number of para-hydroxylation sites is 1. The summed E-state index contributed by atoms with van der Waals surface area (Å²) in [6.07, 6.45) is 1.59. The Hall–Kier alpha value is -2.91. The topological polar surface area (TPSA) is 89.1 Å². The largest absolute Gasteiger partial charge is 0.322 e. The lowest BCUT2D eigenvalue weighted by Gasteiger charge is -2.15. The molecule has 1 aromatic carbocycles. The molecule has 6 nitrogen and oxygen atoms in total. The lowest BCUT2D eigenvalue weighted by atomic mass is 10.2. The second-order valence-electron chi connectivity index (χ2n) is 4.76. The molecule has 2 N–H and O–H groups in total. The van der Waals surface area contributed by atoms with Gasteiger partial charge in [0.25, 0.3) is 5.56 Å². The molecule has 0 aliphatic carbocycles. The molecule has 0 saturated heterocycles. The van der Waals surface area contributed by atoms with E-state index in [9.17, 15) is 4.79 Å². The molecule has 3 aromatic rings. The smallest absolute Gasteiger partial charge is 0.283 e.